The number of nitrogens with zero attached hydrogens (tertiary/aromatic N) is 4. The summed E-state index contributed by atoms with van der Waals surface area (Å²) in [5.41, 5.74) is 5.68. The third-order valence-corrected chi connectivity index (χ3v) is 4.09. The highest BCUT2D eigenvalue weighted by atomic mass is 16.1. The second-order valence-electron chi connectivity index (χ2n) is 6.14. The van der Waals surface area contributed by atoms with Crippen molar-refractivity contribution in [1.82, 2.24) is 24.7 Å². The molecule has 4 aromatic rings. The predicted octanol–water partition coefficient (Wildman–Crippen LogP) is 3.00. The number of aryl methyl sites for hydroxylation is 3. The molecule has 4 rings (SSSR count). The van der Waals surface area contributed by atoms with Crippen LogP contribution in [0.1, 0.15) is 11.4 Å². The Morgan fingerprint density at radius 1 is 1.04 bits per heavy atom. The maximum Gasteiger partial charge on any atom is 0.191 e. The van der Waals surface area contributed by atoms with Gasteiger partial charge in [0.15, 0.2) is 5.43 Å². The van der Waals surface area contributed by atoms with Gasteiger partial charge in [0.25, 0.3) is 0 Å². The second-order valence-corrected chi connectivity index (χ2v) is 6.14. The third-order valence-electron chi connectivity index (χ3n) is 4.09. The van der Waals surface area contributed by atoms with Crippen LogP contribution in [0.4, 0.5) is 0 Å². The van der Waals surface area contributed by atoms with E-state index < -0.39 is 0 Å². The molecule has 124 valence electrons. The van der Waals surface area contributed by atoms with Crippen molar-refractivity contribution in [2.24, 2.45) is 7.05 Å². The lowest BCUT2D eigenvalue weighted by Crippen LogP contribution is -2.04. The molecule has 0 saturated heterocycles. The number of hydrogen-bond acceptors (Lipinski definition) is 4. The standard InChI is InChI=1S/C19H17N5O/c1-11-8-13(9-12(2)21-11)14-10-15-17(25)4-6-20-19(15)22-18(14)16-5-7-24(3)23-16/h4-10H,1-3H3,(H,20,22,25). The van der Waals surface area contributed by atoms with Gasteiger partial charge in [0.1, 0.15) is 17.0 Å². The van der Waals surface area contributed by atoms with Gasteiger partial charge in [-0.25, -0.2) is 4.98 Å². The maximum absolute atomic E-state index is 12.3. The van der Waals surface area contributed by atoms with E-state index in [1.54, 1.807) is 10.9 Å². The van der Waals surface area contributed by atoms with Gasteiger partial charge in [-0.05, 0) is 43.7 Å². The van der Waals surface area contributed by atoms with Gasteiger partial charge >= 0.3 is 0 Å². The van der Waals surface area contributed by atoms with Crippen molar-refractivity contribution in [1.29, 1.82) is 0 Å². The fourth-order valence-corrected chi connectivity index (χ4v) is 3.04. The lowest BCUT2D eigenvalue weighted by Gasteiger charge is -2.10. The molecule has 0 spiro atoms. The lowest BCUT2D eigenvalue weighted by molar-refractivity contribution is 0.770. The first kappa shape index (κ1) is 15.3. The normalized spacial score (nSPS) is 11.2. The minimum Gasteiger partial charge on any atom is -0.346 e. The summed E-state index contributed by atoms with van der Waals surface area (Å²) in [6.07, 6.45) is 3.49. The molecule has 0 radical (unpaired) electrons. The van der Waals surface area contributed by atoms with Crippen LogP contribution >= 0.6 is 0 Å². The quantitative estimate of drug-likeness (QED) is 0.612. The molecule has 25 heavy (non-hydrogen) atoms. The Kier molecular flexibility index (Phi) is 3.46. The Balaban J connectivity index is 2.09. The Morgan fingerprint density at radius 2 is 1.80 bits per heavy atom. The monoisotopic (exact) mass is 331 g/mol. The molecule has 0 fully saturated rings. The van der Waals surface area contributed by atoms with Gasteiger partial charge in [-0.1, -0.05) is 0 Å². The molecule has 4 aromatic heterocycles. The zero-order valence-corrected chi connectivity index (χ0v) is 14.2. The first-order valence-corrected chi connectivity index (χ1v) is 7.99. The lowest BCUT2D eigenvalue weighted by atomic mass is 10.00. The fraction of sp³-hybridized carbons (Fsp3) is 0.158. The van der Waals surface area contributed by atoms with Crippen molar-refractivity contribution >= 4 is 11.0 Å². The highest BCUT2D eigenvalue weighted by Crippen LogP contribution is 2.32. The first-order chi connectivity index (χ1) is 12.0. The van der Waals surface area contributed by atoms with Crippen molar-refractivity contribution in [3.05, 3.63) is 64.3 Å². The summed E-state index contributed by atoms with van der Waals surface area (Å²) in [6, 6.07) is 9.31. The predicted molar refractivity (Wildman–Crippen MR) is 97.3 cm³/mol. The minimum atomic E-state index is -0.0578. The summed E-state index contributed by atoms with van der Waals surface area (Å²) < 4.78 is 1.74. The number of nitrogens with one attached hydrogen (secondary N) is 1. The van der Waals surface area contributed by atoms with Gasteiger partial charge in [0.2, 0.25) is 0 Å². The average molecular weight is 331 g/mol. The van der Waals surface area contributed by atoms with E-state index in [1.807, 2.05) is 51.4 Å². The largest absolute Gasteiger partial charge is 0.346 e. The van der Waals surface area contributed by atoms with Crippen LogP contribution in [0, 0.1) is 13.8 Å². The molecule has 0 aliphatic heterocycles. The SMILES string of the molecule is Cc1cc(-c2cc3c(=O)cc[nH]c3nc2-c2ccn(C)n2)cc(C)n1. The summed E-state index contributed by atoms with van der Waals surface area (Å²) in [7, 11) is 1.87. The summed E-state index contributed by atoms with van der Waals surface area (Å²) >= 11 is 0. The van der Waals surface area contributed by atoms with Gasteiger partial charge in [-0.3, -0.25) is 14.5 Å². The molecule has 6 nitrogen and oxygen atoms in total. The van der Waals surface area contributed by atoms with Crippen LogP contribution < -0.4 is 5.43 Å². The van der Waals surface area contributed by atoms with E-state index in [9.17, 15) is 4.79 Å². The number of aromatic nitrogens is 5. The summed E-state index contributed by atoms with van der Waals surface area (Å²) in [5.74, 6) is 0. The van der Waals surface area contributed by atoms with Crippen LogP contribution in [0.15, 0.2) is 47.5 Å². The zero-order chi connectivity index (χ0) is 17.6. The molecule has 0 aliphatic carbocycles. The van der Waals surface area contributed by atoms with Crippen LogP contribution in [-0.4, -0.2) is 24.7 Å². The van der Waals surface area contributed by atoms with Crippen LogP contribution in [0.25, 0.3) is 33.5 Å². The molecule has 6 heteroatoms. The number of rotatable bonds is 2. The Bertz CT molecular complexity index is 1140. The molecule has 0 atom stereocenters. The average Bonchev–Trinajstić information content (AvgIpc) is 2.99. The van der Waals surface area contributed by atoms with Crippen molar-refractivity contribution < 1.29 is 0 Å². The van der Waals surface area contributed by atoms with Gasteiger partial charge in [0, 0.05) is 42.5 Å². The van der Waals surface area contributed by atoms with Crippen LogP contribution in [0.5, 0.6) is 0 Å². The van der Waals surface area contributed by atoms with Crippen molar-refractivity contribution in [3.8, 4) is 22.5 Å². The molecular formula is C19H17N5O. The van der Waals surface area contributed by atoms with E-state index in [4.69, 9.17) is 4.98 Å². The number of aromatic amines is 1. The second kappa shape index (κ2) is 5.66. The molecule has 0 amide bonds. The highest BCUT2D eigenvalue weighted by Gasteiger charge is 2.15. The summed E-state index contributed by atoms with van der Waals surface area (Å²) in [5, 5.41) is 5.05. The van der Waals surface area contributed by atoms with Crippen molar-refractivity contribution in [2.45, 2.75) is 13.8 Å². The van der Waals surface area contributed by atoms with Gasteiger partial charge in [0.05, 0.1) is 5.39 Å². The fourth-order valence-electron chi connectivity index (χ4n) is 3.04. The Morgan fingerprint density at radius 3 is 2.48 bits per heavy atom. The highest BCUT2D eigenvalue weighted by molar-refractivity contribution is 5.89. The van der Waals surface area contributed by atoms with E-state index in [0.29, 0.717) is 11.0 Å². The maximum atomic E-state index is 12.3. The zero-order valence-electron chi connectivity index (χ0n) is 14.2. The molecule has 0 unspecified atom stereocenters. The van der Waals surface area contributed by atoms with E-state index in [1.165, 1.54) is 6.07 Å². The summed E-state index contributed by atoms with van der Waals surface area (Å²) in [4.78, 5) is 24.4. The van der Waals surface area contributed by atoms with Gasteiger partial charge < -0.3 is 4.98 Å². The smallest absolute Gasteiger partial charge is 0.191 e. The van der Waals surface area contributed by atoms with Crippen molar-refractivity contribution in [2.75, 3.05) is 0 Å². The van der Waals surface area contributed by atoms with Crippen LogP contribution in [0.3, 0.4) is 0 Å². The minimum absolute atomic E-state index is 0.0578. The first-order valence-electron chi connectivity index (χ1n) is 7.99. The van der Waals surface area contributed by atoms with E-state index >= 15 is 0 Å². The topological polar surface area (TPSA) is 76.5 Å². The number of fused-ring (bicyclic) bond motifs is 1. The molecule has 0 bridgehead atoms. The van der Waals surface area contributed by atoms with Gasteiger partial charge in [-0.15, -0.1) is 0 Å². The van der Waals surface area contributed by atoms with Crippen LogP contribution in [0.2, 0.25) is 0 Å². The molecular weight excluding hydrogens is 314 g/mol. The van der Waals surface area contributed by atoms with Gasteiger partial charge in [-0.2, -0.15) is 5.10 Å². The van der Waals surface area contributed by atoms with E-state index in [2.05, 4.69) is 15.1 Å². The van der Waals surface area contributed by atoms with Crippen molar-refractivity contribution in [3.63, 3.8) is 0 Å². The van der Waals surface area contributed by atoms with E-state index in [-0.39, 0.29) is 5.43 Å². The van der Waals surface area contributed by atoms with Crippen LogP contribution in [-0.2, 0) is 7.05 Å². The van der Waals surface area contributed by atoms with E-state index in [0.717, 1.165) is 33.9 Å². The summed E-state index contributed by atoms with van der Waals surface area (Å²) in [6.45, 7) is 3.91. The molecule has 0 saturated carbocycles. The molecule has 0 aliphatic rings. The number of hydrogen-bond donors (Lipinski definition) is 1. The number of pyridine rings is 3. The molecule has 4 heterocycles. The molecule has 1 N–H and O–H groups in total. The number of H-pyrrole nitrogens is 1. The Labute approximate surface area is 144 Å². The Hall–Kier alpha value is -3.28. The molecule has 0 aromatic carbocycles. The third kappa shape index (κ3) is 2.71.